The van der Waals surface area contributed by atoms with Crippen molar-refractivity contribution in [1.82, 2.24) is 5.32 Å². The van der Waals surface area contributed by atoms with E-state index < -0.39 is 0 Å². The van der Waals surface area contributed by atoms with Crippen LogP contribution in [0.4, 0.5) is 0 Å². The Hall–Kier alpha value is -2.85. The number of amides is 1. The summed E-state index contributed by atoms with van der Waals surface area (Å²) in [4.78, 5) is 13.2. The summed E-state index contributed by atoms with van der Waals surface area (Å²) in [5.74, 6) is 0.673. The lowest BCUT2D eigenvalue weighted by molar-refractivity contribution is 0.0904. The second-order valence-electron chi connectivity index (χ2n) is 8.44. The van der Waals surface area contributed by atoms with Gasteiger partial charge in [-0.25, -0.2) is 0 Å². The van der Waals surface area contributed by atoms with Crippen molar-refractivity contribution < 1.29 is 9.53 Å². The van der Waals surface area contributed by atoms with Crippen LogP contribution in [0.5, 0.6) is 5.75 Å². The summed E-state index contributed by atoms with van der Waals surface area (Å²) in [6.07, 6.45) is 3.94. The first-order valence-electron chi connectivity index (χ1n) is 10.4. The monoisotopic (exact) mass is 386 g/mol. The normalized spacial score (nSPS) is 22.0. The van der Waals surface area contributed by atoms with Crippen LogP contribution in [0.3, 0.4) is 0 Å². The minimum atomic E-state index is -0.280. The van der Waals surface area contributed by atoms with Crippen molar-refractivity contribution in [3.05, 3.63) is 77.4 Å². The average Bonchev–Trinajstić information content (AvgIpc) is 3.51. The second-order valence-corrected chi connectivity index (χ2v) is 8.44. The highest BCUT2D eigenvalue weighted by molar-refractivity contribution is 5.97. The third kappa shape index (κ3) is 3.28. The SMILES string of the molecule is Cc1ccc(O[C@H]2CC[C@H]2N)cc1C(=O)NC1(c2cccc3ccccc23)CC1. The lowest BCUT2D eigenvalue weighted by Crippen LogP contribution is -2.47. The zero-order valence-electron chi connectivity index (χ0n) is 16.7. The Morgan fingerprint density at radius 3 is 2.59 bits per heavy atom. The summed E-state index contributed by atoms with van der Waals surface area (Å²) in [6.45, 7) is 1.96. The number of aryl methyl sites for hydroxylation is 1. The first-order valence-corrected chi connectivity index (χ1v) is 10.4. The van der Waals surface area contributed by atoms with Crippen LogP contribution >= 0.6 is 0 Å². The molecule has 2 fully saturated rings. The number of hydrogen-bond donors (Lipinski definition) is 2. The Morgan fingerprint density at radius 2 is 1.86 bits per heavy atom. The minimum absolute atomic E-state index is 0.0451. The first-order chi connectivity index (χ1) is 14.1. The Balaban J connectivity index is 1.41. The second kappa shape index (κ2) is 6.89. The molecule has 0 saturated heterocycles. The highest BCUT2D eigenvalue weighted by atomic mass is 16.5. The Bertz CT molecular complexity index is 1080. The highest BCUT2D eigenvalue weighted by Gasteiger charge is 2.46. The fraction of sp³-hybridized carbons (Fsp3) is 0.320. The van der Waals surface area contributed by atoms with Gasteiger partial charge in [0.15, 0.2) is 0 Å². The molecule has 0 aliphatic heterocycles. The molecule has 0 aromatic heterocycles. The zero-order chi connectivity index (χ0) is 20.0. The Morgan fingerprint density at radius 1 is 1.07 bits per heavy atom. The molecule has 0 radical (unpaired) electrons. The van der Waals surface area contributed by atoms with Gasteiger partial charge in [0, 0.05) is 11.6 Å². The van der Waals surface area contributed by atoms with Crippen molar-refractivity contribution in [2.75, 3.05) is 0 Å². The summed E-state index contributed by atoms with van der Waals surface area (Å²) < 4.78 is 5.99. The van der Waals surface area contributed by atoms with Gasteiger partial charge in [-0.2, -0.15) is 0 Å². The molecule has 3 aromatic rings. The number of nitrogens with one attached hydrogen (secondary N) is 1. The standard InChI is InChI=1S/C25H26N2O2/c1-16-9-10-18(29-23-12-11-22(23)26)15-20(16)24(28)27-25(13-14-25)21-8-4-6-17-5-2-3-7-19(17)21/h2-10,15,22-23H,11-14,26H2,1H3,(H,27,28)/t22-,23+/m1/s1. The lowest BCUT2D eigenvalue weighted by Gasteiger charge is -2.33. The van der Waals surface area contributed by atoms with E-state index in [1.165, 1.54) is 16.3 Å². The van der Waals surface area contributed by atoms with Crippen LogP contribution in [0.25, 0.3) is 10.8 Å². The van der Waals surface area contributed by atoms with Gasteiger partial charge in [-0.3, -0.25) is 4.79 Å². The molecule has 3 N–H and O–H groups in total. The van der Waals surface area contributed by atoms with Crippen LogP contribution in [0.1, 0.15) is 47.2 Å². The van der Waals surface area contributed by atoms with Crippen molar-refractivity contribution in [2.24, 2.45) is 5.73 Å². The van der Waals surface area contributed by atoms with Crippen molar-refractivity contribution in [1.29, 1.82) is 0 Å². The van der Waals surface area contributed by atoms with Crippen LogP contribution in [0.2, 0.25) is 0 Å². The quantitative estimate of drug-likeness (QED) is 0.681. The summed E-state index contributed by atoms with van der Waals surface area (Å²) >= 11 is 0. The summed E-state index contributed by atoms with van der Waals surface area (Å²) in [6, 6.07) is 20.5. The van der Waals surface area contributed by atoms with E-state index in [0.29, 0.717) is 5.56 Å². The van der Waals surface area contributed by atoms with Gasteiger partial charge >= 0.3 is 0 Å². The van der Waals surface area contributed by atoms with E-state index in [4.69, 9.17) is 10.5 Å². The molecular weight excluding hydrogens is 360 g/mol. The van der Waals surface area contributed by atoms with E-state index in [1.54, 1.807) is 0 Å². The smallest absolute Gasteiger partial charge is 0.252 e. The maximum atomic E-state index is 13.2. The summed E-state index contributed by atoms with van der Waals surface area (Å²) in [5, 5.41) is 5.74. The molecule has 0 spiro atoms. The number of carbonyl (C=O) groups is 1. The maximum absolute atomic E-state index is 13.2. The van der Waals surface area contributed by atoms with Gasteiger partial charge in [-0.1, -0.05) is 48.5 Å². The number of nitrogens with two attached hydrogens (primary N) is 1. The third-order valence-electron chi connectivity index (χ3n) is 6.41. The van der Waals surface area contributed by atoms with Crippen LogP contribution in [0.15, 0.2) is 60.7 Å². The largest absolute Gasteiger partial charge is 0.489 e. The van der Waals surface area contributed by atoms with Gasteiger partial charge in [0.1, 0.15) is 11.9 Å². The molecular formula is C25H26N2O2. The highest BCUT2D eigenvalue weighted by Crippen LogP contribution is 2.48. The van der Waals surface area contributed by atoms with E-state index >= 15 is 0 Å². The van der Waals surface area contributed by atoms with Gasteiger partial charge in [0.25, 0.3) is 5.91 Å². The van der Waals surface area contributed by atoms with Gasteiger partial charge in [0.2, 0.25) is 0 Å². The fourth-order valence-electron chi connectivity index (χ4n) is 4.25. The molecule has 0 unspecified atom stereocenters. The van der Waals surface area contributed by atoms with Crippen LogP contribution in [-0.2, 0) is 5.54 Å². The number of carbonyl (C=O) groups excluding carboxylic acids is 1. The Kier molecular flexibility index (Phi) is 4.32. The zero-order valence-corrected chi connectivity index (χ0v) is 16.7. The number of ether oxygens (including phenoxy) is 1. The molecule has 2 saturated carbocycles. The van der Waals surface area contributed by atoms with E-state index in [9.17, 15) is 4.79 Å². The molecule has 4 nitrogen and oxygen atoms in total. The van der Waals surface area contributed by atoms with Crippen molar-refractivity contribution in [2.45, 2.75) is 50.3 Å². The predicted molar refractivity (Wildman–Crippen MR) is 115 cm³/mol. The number of fused-ring (bicyclic) bond motifs is 1. The fourth-order valence-corrected chi connectivity index (χ4v) is 4.25. The molecule has 0 heterocycles. The van der Waals surface area contributed by atoms with Gasteiger partial charge in [0.05, 0.1) is 5.54 Å². The van der Waals surface area contributed by atoms with E-state index in [2.05, 4.69) is 41.7 Å². The Labute approximate surface area is 171 Å². The molecule has 148 valence electrons. The van der Waals surface area contributed by atoms with Crippen molar-refractivity contribution in [3.63, 3.8) is 0 Å². The molecule has 29 heavy (non-hydrogen) atoms. The predicted octanol–water partition coefficient (Wildman–Crippen LogP) is 4.44. The molecule has 2 aliphatic carbocycles. The summed E-state index contributed by atoms with van der Waals surface area (Å²) in [5.41, 5.74) is 8.53. The van der Waals surface area contributed by atoms with Gasteiger partial charge in [-0.05, 0) is 66.6 Å². The van der Waals surface area contributed by atoms with E-state index in [0.717, 1.165) is 37.0 Å². The topological polar surface area (TPSA) is 64.3 Å². The van der Waals surface area contributed by atoms with Crippen molar-refractivity contribution in [3.8, 4) is 5.75 Å². The van der Waals surface area contributed by atoms with Crippen LogP contribution in [0, 0.1) is 6.92 Å². The molecule has 3 aromatic carbocycles. The first kappa shape index (κ1) is 18.2. The van der Waals surface area contributed by atoms with Crippen LogP contribution in [-0.4, -0.2) is 18.1 Å². The number of hydrogen-bond acceptors (Lipinski definition) is 3. The number of rotatable bonds is 5. The third-order valence-corrected chi connectivity index (χ3v) is 6.41. The molecule has 1 amide bonds. The van der Waals surface area contributed by atoms with E-state index in [-0.39, 0.29) is 23.6 Å². The molecule has 4 heteroatoms. The van der Waals surface area contributed by atoms with Crippen molar-refractivity contribution >= 4 is 16.7 Å². The minimum Gasteiger partial charge on any atom is -0.489 e. The molecule has 5 rings (SSSR count). The van der Waals surface area contributed by atoms with Gasteiger partial charge in [-0.15, -0.1) is 0 Å². The molecule has 2 aliphatic rings. The summed E-state index contributed by atoms with van der Waals surface area (Å²) in [7, 11) is 0. The van der Waals surface area contributed by atoms with E-state index in [1.807, 2.05) is 31.2 Å². The lowest BCUT2D eigenvalue weighted by atomic mass is 9.90. The number of benzene rings is 3. The van der Waals surface area contributed by atoms with Crippen LogP contribution < -0.4 is 15.8 Å². The average molecular weight is 386 g/mol. The molecule has 2 atom stereocenters. The maximum Gasteiger partial charge on any atom is 0.252 e. The molecule has 0 bridgehead atoms. The van der Waals surface area contributed by atoms with Gasteiger partial charge < -0.3 is 15.8 Å².